The van der Waals surface area contributed by atoms with Gasteiger partial charge in [-0.15, -0.1) is 0 Å². The zero-order valence-electron chi connectivity index (χ0n) is 14.0. The average Bonchev–Trinajstić information content (AvgIpc) is 3.03. The van der Waals surface area contributed by atoms with Crippen LogP contribution in [0.2, 0.25) is 0 Å². The van der Waals surface area contributed by atoms with Gasteiger partial charge in [0.05, 0.1) is 35.7 Å². The summed E-state index contributed by atoms with van der Waals surface area (Å²) in [4.78, 5) is 14.7. The predicted molar refractivity (Wildman–Crippen MR) is 93.2 cm³/mol. The fourth-order valence-electron chi connectivity index (χ4n) is 3.03. The number of nitrogens with two attached hydrogens (primary N) is 1. The highest BCUT2D eigenvalue weighted by atomic mass is 16.5. The smallest absolute Gasteiger partial charge is 0.258 e. The third kappa shape index (κ3) is 3.60. The van der Waals surface area contributed by atoms with Gasteiger partial charge in [0, 0.05) is 13.1 Å². The molecule has 128 valence electrons. The van der Waals surface area contributed by atoms with Gasteiger partial charge >= 0.3 is 0 Å². The highest BCUT2D eigenvalue weighted by Crippen LogP contribution is 2.29. The van der Waals surface area contributed by atoms with Gasteiger partial charge in [0.1, 0.15) is 12.0 Å². The highest BCUT2D eigenvalue weighted by molar-refractivity contribution is 6.05. The van der Waals surface area contributed by atoms with Crippen molar-refractivity contribution in [3.63, 3.8) is 0 Å². The van der Waals surface area contributed by atoms with Crippen molar-refractivity contribution in [2.45, 2.75) is 32.6 Å². The lowest BCUT2D eigenvalue weighted by Gasteiger charge is -2.37. The minimum atomic E-state index is -0.208. The molecule has 0 saturated carbocycles. The first kappa shape index (κ1) is 16.5. The van der Waals surface area contributed by atoms with Gasteiger partial charge in [-0.05, 0) is 32.0 Å². The minimum Gasteiger partial charge on any atom is -0.467 e. The first-order chi connectivity index (χ1) is 11.6. The van der Waals surface area contributed by atoms with E-state index in [2.05, 4.69) is 24.1 Å². The lowest BCUT2D eigenvalue weighted by atomic mass is 10.1. The standard InChI is InChI=1S/C18H23N3O3/c1-12-9-21(10-13(2)24-12)17-6-4-3-5-16(17)20-18(22)14-7-15(8-19)23-11-14/h3-7,11-13H,8-10,19H2,1-2H3,(H,20,22). The molecule has 1 saturated heterocycles. The molecule has 1 aliphatic rings. The minimum absolute atomic E-state index is 0.151. The summed E-state index contributed by atoms with van der Waals surface area (Å²) in [5.74, 6) is 0.379. The molecule has 1 fully saturated rings. The number of amides is 1. The largest absolute Gasteiger partial charge is 0.467 e. The van der Waals surface area contributed by atoms with Gasteiger partial charge in [-0.25, -0.2) is 0 Å². The number of carbonyl (C=O) groups excluding carboxylic acids is 1. The number of nitrogens with zero attached hydrogens (tertiary/aromatic N) is 1. The number of nitrogens with one attached hydrogen (secondary N) is 1. The number of morpholine rings is 1. The fourth-order valence-corrected chi connectivity index (χ4v) is 3.03. The predicted octanol–water partition coefficient (Wildman–Crippen LogP) is 2.60. The molecule has 2 aromatic rings. The normalized spacial score (nSPS) is 20.9. The van der Waals surface area contributed by atoms with Crippen molar-refractivity contribution < 1.29 is 13.9 Å². The average molecular weight is 329 g/mol. The maximum atomic E-state index is 12.5. The number of hydrogen-bond donors (Lipinski definition) is 2. The maximum absolute atomic E-state index is 12.5. The molecule has 0 aliphatic carbocycles. The van der Waals surface area contributed by atoms with Crippen molar-refractivity contribution in [3.8, 4) is 0 Å². The van der Waals surface area contributed by atoms with Crippen LogP contribution in [0.3, 0.4) is 0 Å². The highest BCUT2D eigenvalue weighted by Gasteiger charge is 2.24. The lowest BCUT2D eigenvalue weighted by molar-refractivity contribution is -0.00517. The van der Waals surface area contributed by atoms with Crippen molar-refractivity contribution in [2.75, 3.05) is 23.3 Å². The first-order valence-corrected chi connectivity index (χ1v) is 8.15. The summed E-state index contributed by atoms with van der Waals surface area (Å²) < 4.78 is 11.0. The Morgan fingerprint density at radius 3 is 2.67 bits per heavy atom. The summed E-state index contributed by atoms with van der Waals surface area (Å²) >= 11 is 0. The molecule has 1 aliphatic heterocycles. The maximum Gasteiger partial charge on any atom is 0.258 e. The van der Waals surface area contributed by atoms with E-state index in [1.54, 1.807) is 6.07 Å². The van der Waals surface area contributed by atoms with Crippen LogP contribution in [0.25, 0.3) is 0 Å². The second-order valence-electron chi connectivity index (χ2n) is 6.14. The van der Waals surface area contributed by atoms with Gasteiger partial charge in [0.15, 0.2) is 0 Å². The van der Waals surface area contributed by atoms with Crippen molar-refractivity contribution in [2.24, 2.45) is 5.73 Å². The third-order valence-corrected chi connectivity index (χ3v) is 4.03. The van der Waals surface area contributed by atoms with Gasteiger partial charge in [0.25, 0.3) is 5.91 Å². The molecule has 3 rings (SSSR count). The van der Waals surface area contributed by atoms with Crippen LogP contribution >= 0.6 is 0 Å². The molecule has 0 spiro atoms. The first-order valence-electron chi connectivity index (χ1n) is 8.15. The van der Waals surface area contributed by atoms with Crippen LogP contribution in [0.5, 0.6) is 0 Å². The summed E-state index contributed by atoms with van der Waals surface area (Å²) in [6.07, 6.45) is 1.73. The summed E-state index contributed by atoms with van der Waals surface area (Å²) in [7, 11) is 0. The molecule has 1 aromatic carbocycles. The van der Waals surface area contributed by atoms with E-state index < -0.39 is 0 Å². The van der Waals surface area contributed by atoms with E-state index in [1.165, 1.54) is 6.26 Å². The summed E-state index contributed by atoms with van der Waals surface area (Å²) in [6.45, 7) is 5.97. The second-order valence-corrected chi connectivity index (χ2v) is 6.14. The van der Waals surface area contributed by atoms with Crippen molar-refractivity contribution in [1.82, 2.24) is 0 Å². The number of rotatable bonds is 4. The van der Waals surface area contributed by atoms with Crippen molar-refractivity contribution in [3.05, 3.63) is 47.9 Å². The zero-order valence-corrected chi connectivity index (χ0v) is 14.0. The zero-order chi connectivity index (χ0) is 17.1. The molecule has 6 heteroatoms. The van der Waals surface area contributed by atoms with Crippen LogP contribution in [0.4, 0.5) is 11.4 Å². The number of benzene rings is 1. The van der Waals surface area contributed by atoms with E-state index in [-0.39, 0.29) is 24.7 Å². The van der Waals surface area contributed by atoms with Gasteiger partial charge in [0.2, 0.25) is 0 Å². The van der Waals surface area contributed by atoms with Crippen molar-refractivity contribution in [1.29, 1.82) is 0 Å². The van der Waals surface area contributed by atoms with Gasteiger partial charge < -0.3 is 25.1 Å². The molecule has 24 heavy (non-hydrogen) atoms. The number of ether oxygens (including phenoxy) is 1. The third-order valence-electron chi connectivity index (χ3n) is 4.03. The Hall–Kier alpha value is -2.31. The van der Waals surface area contributed by atoms with Gasteiger partial charge in [-0.1, -0.05) is 12.1 Å². The van der Waals surface area contributed by atoms with E-state index >= 15 is 0 Å². The van der Waals surface area contributed by atoms with E-state index in [0.717, 1.165) is 24.5 Å². The molecule has 2 atom stereocenters. The fraction of sp³-hybridized carbons (Fsp3) is 0.389. The van der Waals surface area contributed by atoms with E-state index in [9.17, 15) is 4.79 Å². The SMILES string of the molecule is CC1CN(c2ccccc2NC(=O)c2coc(CN)c2)CC(C)O1. The van der Waals surface area contributed by atoms with Gasteiger partial charge in [-0.2, -0.15) is 0 Å². The Balaban J connectivity index is 1.80. The topological polar surface area (TPSA) is 80.7 Å². The Kier molecular flexibility index (Phi) is 4.87. The molecule has 2 unspecified atom stereocenters. The number of carbonyl (C=O) groups is 1. The molecule has 2 heterocycles. The molecular formula is C18H23N3O3. The van der Waals surface area contributed by atoms with E-state index in [1.807, 2.05) is 24.3 Å². The summed E-state index contributed by atoms with van der Waals surface area (Å²) in [6, 6.07) is 9.47. The molecule has 1 aromatic heterocycles. The molecule has 3 N–H and O–H groups in total. The molecular weight excluding hydrogens is 306 g/mol. The Labute approximate surface area is 141 Å². The second kappa shape index (κ2) is 7.07. The van der Waals surface area contributed by atoms with Crippen molar-refractivity contribution >= 4 is 17.3 Å². The number of furan rings is 1. The summed E-state index contributed by atoms with van der Waals surface area (Å²) in [5, 5.41) is 2.97. The number of para-hydroxylation sites is 2. The van der Waals surface area contributed by atoms with Gasteiger partial charge in [-0.3, -0.25) is 4.79 Å². The quantitative estimate of drug-likeness (QED) is 0.901. The lowest BCUT2D eigenvalue weighted by Crippen LogP contribution is -2.45. The van der Waals surface area contributed by atoms with Crippen LogP contribution in [0.1, 0.15) is 30.0 Å². The van der Waals surface area contributed by atoms with Crippen LogP contribution < -0.4 is 16.0 Å². The Bertz CT molecular complexity index is 703. The van der Waals surface area contributed by atoms with Crippen LogP contribution in [-0.4, -0.2) is 31.2 Å². The summed E-state index contributed by atoms with van der Waals surface area (Å²) in [5.41, 5.74) is 7.76. The van der Waals surface area contributed by atoms with Crippen LogP contribution in [0, 0.1) is 0 Å². The van der Waals surface area contributed by atoms with Crippen LogP contribution in [0.15, 0.2) is 41.0 Å². The number of hydrogen-bond acceptors (Lipinski definition) is 5. The van der Waals surface area contributed by atoms with Crippen LogP contribution in [-0.2, 0) is 11.3 Å². The number of anilines is 2. The monoisotopic (exact) mass is 329 g/mol. The van der Waals surface area contributed by atoms with E-state index in [0.29, 0.717) is 11.3 Å². The molecule has 0 radical (unpaired) electrons. The Morgan fingerprint density at radius 2 is 2.00 bits per heavy atom. The molecule has 0 bridgehead atoms. The Morgan fingerprint density at radius 1 is 1.29 bits per heavy atom. The molecule has 6 nitrogen and oxygen atoms in total. The molecule has 1 amide bonds. The van der Waals surface area contributed by atoms with E-state index in [4.69, 9.17) is 14.9 Å².